The van der Waals surface area contributed by atoms with E-state index in [0.29, 0.717) is 36.5 Å². The predicted octanol–water partition coefficient (Wildman–Crippen LogP) is 8.83. The number of rotatable bonds is 12. The highest BCUT2D eigenvalue weighted by molar-refractivity contribution is 5.84. The van der Waals surface area contributed by atoms with Crippen molar-refractivity contribution < 1.29 is 40.6 Å². The summed E-state index contributed by atoms with van der Waals surface area (Å²) in [4.78, 5) is 0. The number of fused-ring (bicyclic) bond motifs is 1. The lowest BCUT2D eigenvalue weighted by Crippen LogP contribution is -2.32. The lowest BCUT2D eigenvalue weighted by Gasteiger charge is -2.29. The Balaban J connectivity index is 1.31. The molecule has 4 rings (SSSR count). The van der Waals surface area contributed by atoms with Gasteiger partial charge < -0.3 is 14.2 Å². The minimum absolute atomic E-state index is 0.0294. The van der Waals surface area contributed by atoms with E-state index >= 15 is 4.39 Å². The van der Waals surface area contributed by atoms with E-state index in [1.54, 1.807) is 18.2 Å². The largest absolute Gasteiger partial charge is 0.573 e. The molecule has 9 heteroatoms. The maximum Gasteiger partial charge on any atom is 0.573 e. The van der Waals surface area contributed by atoms with Gasteiger partial charge in [-0.3, -0.25) is 0 Å². The average Bonchev–Trinajstić information content (AvgIpc) is 2.92. The van der Waals surface area contributed by atoms with Crippen LogP contribution in [0.25, 0.3) is 10.8 Å². The van der Waals surface area contributed by atoms with Gasteiger partial charge in [-0.05, 0) is 59.9 Å². The molecular weight excluding hydrogens is 534 g/mol. The van der Waals surface area contributed by atoms with Gasteiger partial charge in [-0.2, -0.15) is 0 Å². The molecule has 3 aromatic carbocycles. The van der Waals surface area contributed by atoms with E-state index in [1.807, 2.05) is 12.1 Å². The smallest absolute Gasteiger partial charge is 0.399 e. The van der Waals surface area contributed by atoms with Crippen LogP contribution in [0.1, 0.15) is 62.1 Å². The number of halogens is 6. The fourth-order valence-electron chi connectivity index (χ4n) is 5.04. The Morgan fingerprint density at radius 2 is 1.52 bits per heavy atom. The van der Waals surface area contributed by atoms with Crippen molar-refractivity contribution in [3.8, 4) is 5.75 Å². The number of benzene rings is 3. The van der Waals surface area contributed by atoms with Gasteiger partial charge in [-0.25, -0.2) is 13.2 Å². The number of hydrogen-bond donors (Lipinski definition) is 0. The van der Waals surface area contributed by atoms with Crippen LogP contribution in [-0.2, 0) is 28.7 Å². The molecule has 218 valence electrons. The molecule has 0 saturated carbocycles. The summed E-state index contributed by atoms with van der Waals surface area (Å²) >= 11 is 0. The third-order valence-electron chi connectivity index (χ3n) is 7.23. The van der Waals surface area contributed by atoms with Crippen LogP contribution in [0.15, 0.2) is 42.5 Å². The number of hydrogen-bond acceptors (Lipinski definition) is 3. The summed E-state index contributed by atoms with van der Waals surface area (Å²) in [6, 6.07) is 10.4. The van der Waals surface area contributed by atoms with E-state index < -0.39 is 29.6 Å². The van der Waals surface area contributed by atoms with Crippen molar-refractivity contribution >= 4 is 10.8 Å². The number of ether oxygens (including phenoxy) is 3. The Hall–Kier alpha value is -2.78. The molecule has 1 fully saturated rings. The third kappa shape index (κ3) is 8.36. The summed E-state index contributed by atoms with van der Waals surface area (Å²) in [5.41, 5.74) is 1.46. The van der Waals surface area contributed by atoms with Crippen LogP contribution in [0.3, 0.4) is 0 Å². The highest BCUT2D eigenvalue weighted by atomic mass is 19.4. The van der Waals surface area contributed by atoms with Gasteiger partial charge in [-0.1, -0.05) is 62.9 Å². The molecule has 40 heavy (non-hydrogen) atoms. The van der Waals surface area contributed by atoms with E-state index in [9.17, 15) is 22.0 Å². The monoisotopic (exact) mass is 568 g/mol. The summed E-state index contributed by atoms with van der Waals surface area (Å²) in [5.74, 6) is -4.43. The molecule has 0 aromatic heterocycles. The Morgan fingerprint density at radius 1 is 0.800 bits per heavy atom. The molecule has 0 amide bonds. The number of alkyl halides is 3. The van der Waals surface area contributed by atoms with Gasteiger partial charge in [0, 0.05) is 17.7 Å². The summed E-state index contributed by atoms with van der Waals surface area (Å²) in [6.07, 6.45) is 2.16. The van der Waals surface area contributed by atoms with Gasteiger partial charge >= 0.3 is 6.36 Å². The van der Waals surface area contributed by atoms with Crippen LogP contribution in [0, 0.1) is 23.4 Å². The molecule has 1 aliphatic rings. The fourth-order valence-corrected chi connectivity index (χ4v) is 5.04. The Morgan fingerprint density at radius 3 is 2.20 bits per heavy atom. The summed E-state index contributed by atoms with van der Waals surface area (Å²) < 4.78 is 95.5. The molecule has 0 spiro atoms. The lowest BCUT2D eigenvalue weighted by atomic mass is 9.98. The van der Waals surface area contributed by atoms with Crippen LogP contribution in [0.4, 0.5) is 26.3 Å². The topological polar surface area (TPSA) is 27.7 Å². The first-order valence-electron chi connectivity index (χ1n) is 13.8. The zero-order chi connectivity index (χ0) is 28.7. The first kappa shape index (κ1) is 30.2. The number of aryl methyl sites for hydroxylation is 3. The van der Waals surface area contributed by atoms with Crippen LogP contribution >= 0.6 is 0 Å². The van der Waals surface area contributed by atoms with E-state index in [-0.39, 0.29) is 24.7 Å². The number of unbranched alkanes of at least 4 members (excludes halogenated alkanes) is 3. The van der Waals surface area contributed by atoms with Gasteiger partial charge in [-0.15, -0.1) is 13.2 Å². The van der Waals surface area contributed by atoms with Crippen molar-refractivity contribution in [2.45, 2.75) is 77.4 Å². The molecular formula is C31H34F6O3. The van der Waals surface area contributed by atoms with E-state index in [4.69, 9.17) is 9.47 Å². The molecule has 1 aliphatic heterocycles. The second-order valence-electron chi connectivity index (χ2n) is 10.4. The zero-order valence-electron chi connectivity index (χ0n) is 22.5. The minimum atomic E-state index is -5.22. The summed E-state index contributed by atoms with van der Waals surface area (Å²) in [7, 11) is 0. The molecule has 0 atom stereocenters. The maximum absolute atomic E-state index is 15.2. The van der Waals surface area contributed by atoms with Crippen molar-refractivity contribution in [3.63, 3.8) is 0 Å². The molecule has 0 N–H and O–H groups in total. The second kappa shape index (κ2) is 13.7. The molecule has 0 aliphatic carbocycles. The van der Waals surface area contributed by atoms with Crippen LogP contribution in [0.2, 0.25) is 0 Å². The van der Waals surface area contributed by atoms with Crippen LogP contribution in [-0.4, -0.2) is 25.9 Å². The second-order valence-corrected chi connectivity index (χ2v) is 10.4. The van der Waals surface area contributed by atoms with Crippen molar-refractivity contribution in [1.82, 2.24) is 0 Å². The van der Waals surface area contributed by atoms with E-state index in [2.05, 4.69) is 11.7 Å². The van der Waals surface area contributed by atoms with Crippen molar-refractivity contribution in [3.05, 3.63) is 76.6 Å². The first-order valence-corrected chi connectivity index (χ1v) is 13.8. The SMILES string of the molecule is CCCCCCC1COC(CCc2ccc3c(F)c(CCc4cc(F)c(OC(F)(F)F)c(F)c4)ccc3c2)OC1. The summed E-state index contributed by atoms with van der Waals surface area (Å²) in [5, 5.41) is 1.14. The van der Waals surface area contributed by atoms with Crippen LogP contribution in [0.5, 0.6) is 5.75 Å². The van der Waals surface area contributed by atoms with Crippen LogP contribution < -0.4 is 4.74 Å². The summed E-state index contributed by atoms with van der Waals surface area (Å²) in [6.45, 7) is 3.63. The van der Waals surface area contributed by atoms with Gasteiger partial charge in [0.05, 0.1) is 13.2 Å². The minimum Gasteiger partial charge on any atom is -0.399 e. The molecule has 3 nitrogen and oxygen atoms in total. The van der Waals surface area contributed by atoms with Gasteiger partial charge in [0.1, 0.15) is 5.82 Å². The Kier molecular flexibility index (Phi) is 10.4. The normalized spacial score (nSPS) is 17.9. The average molecular weight is 569 g/mol. The maximum atomic E-state index is 15.2. The van der Waals surface area contributed by atoms with Crippen molar-refractivity contribution in [2.75, 3.05) is 13.2 Å². The van der Waals surface area contributed by atoms with Crippen molar-refractivity contribution in [2.24, 2.45) is 5.92 Å². The Bertz CT molecular complexity index is 1240. The molecule has 1 saturated heterocycles. The highest BCUT2D eigenvalue weighted by Gasteiger charge is 2.34. The van der Waals surface area contributed by atoms with Gasteiger partial charge in [0.2, 0.25) is 5.75 Å². The fraction of sp³-hybridized carbons (Fsp3) is 0.484. The van der Waals surface area contributed by atoms with E-state index in [1.165, 1.54) is 25.7 Å². The van der Waals surface area contributed by atoms with E-state index in [0.717, 1.165) is 35.9 Å². The zero-order valence-corrected chi connectivity index (χ0v) is 22.5. The highest BCUT2D eigenvalue weighted by Crippen LogP contribution is 2.30. The quantitative estimate of drug-likeness (QED) is 0.161. The first-order chi connectivity index (χ1) is 19.1. The van der Waals surface area contributed by atoms with Crippen molar-refractivity contribution in [1.29, 1.82) is 0 Å². The predicted molar refractivity (Wildman–Crippen MR) is 141 cm³/mol. The van der Waals surface area contributed by atoms with Gasteiger partial charge in [0.15, 0.2) is 17.9 Å². The molecule has 1 heterocycles. The van der Waals surface area contributed by atoms with Gasteiger partial charge in [0.25, 0.3) is 0 Å². The Labute approximate surface area is 230 Å². The molecule has 0 radical (unpaired) electrons. The molecule has 0 bridgehead atoms. The lowest BCUT2D eigenvalue weighted by molar-refractivity contribution is -0.276. The third-order valence-corrected chi connectivity index (χ3v) is 7.23. The molecule has 3 aromatic rings. The standard InChI is InChI=1S/C31H34F6O3/c1-2-3-4-5-6-22-18-38-28(39-19-22)14-9-20-8-13-25-24(15-20)12-11-23(29(25)34)10-7-21-16-26(32)30(27(33)17-21)40-31(35,36)37/h8,11-13,15-17,22,28H,2-7,9-10,14,18-19H2,1H3. The molecule has 0 unspecified atom stereocenters.